The maximum atomic E-state index is 13.2. The normalized spacial score (nSPS) is 12.3. The van der Waals surface area contributed by atoms with Crippen LogP contribution in [0.1, 0.15) is 21.6 Å². The fourth-order valence-electron chi connectivity index (χ4n) is 1.64. The molecule has 0 spiro atoms. The lowest BCUT2D eigenvalue weighted by Gasteiger charge is -2.08. The van der Waals surface area contributed by atoms with Gasteiger partial charge < -0.3 is 5.73 Å². The van der Waals surface area contributed by atoms with Gasteiger partial charge in [-0.3, -0.25) is 4.79 Å². The molecule has 1 aromatic heterocycles. The molecule has 0 fully saturated rings. The van der Waals surface area contributed by atoms with Gasteiger partial charge in [0, 0.05) is 5.56 Å². The van der Waals surface area contributed by atoms with Crippen molar-refractivity contribution in [3.05, 3.63) is 65.0 Å². The Balaban J connectivity index is 2.35. The van der Waals surface area contributed by atoms with Gasteiger partial charge in [-0.25, -0.2) is 13.8 Å². The summed E-state index contributed by atoms with van der Waals surface area (Å²) in [6.45, 7) is 0. The van der Waals surface area contributed by atoms with E-state index in [1.165, 1.54) is 0 Å². The SMILES string of the molecule is NC(=NC(=O)c1cc(F)cc(C(F)(F)F)c1)c1ccc(F)cn1. The second-order valence-corrected chi connectivity index (χ2v) is 4.39. The molecule has 0 radical (unpaired) electrons. The minimum atomic E-state index is -4.81. The average molecular weight is 329 g/mol. The largest absolute Gasteiger partial charge is 0.416 e. The smallest absolute Gasteiger partial charge is 0.382 e. The standard InChI is InChI=1S/C14H8F5N3O/c15-9-1-2-11(21-6-9)12(20)22-13(23)7-3-8(14(17,18)19)5-10(16)4-7/h1-6H,(H2,20,22,23). The molecule has 1 heterocycles. The molecule has 2 rings (SSSR count). The lowest BCUT2D eigenvalue weighted by molar-refractivity contribution is -0.137. The number of carbonyl (C=O) groups is 1. The molecule has 9 heteroatoms. The number of benzene rings is 1. The van der Waals surface area contributed by atoms with E-state index in [0.29, 0.717) is 12.1 Å². The first-order valence-electron chi connectivity index (χ1n) is 6.05. The van der Waals surface area contributed by atoms with Crippen LogP contribution in [-0.2, 0) is 6.18 Å². The maximum Gasteiger partial charge on any atom is 0.416 e. The first kappa shape index (κ1) is 16.5. The predicted octanol–water partition coefficient (Wildman–Crippen LogP) is 2.92. The van der Waals surface area contributed by atoms with Crippen LogP contribution >= 0.6 is 0 Å². The molecule has 23 heavy (non-hydrogen) atoms. The number of carbonyl (C=O) groups excluding carboxylic acids is 1. The number of nitrogens with two attached hydrogens (primary N) is 1. The summed E-state index contributed by atoms with van der Waals surface area (Å²) < 4.78 is 63.7. The van der Waals surface area contributed by atoms with Gasteiger partial charge >= 0.3 is 6.18 Å². The highest BCUT2D eigenvalue weighted by molar-refractivity contribution is 6.08. The van der Waals surface area contributed by atoms with Gasteiger partial charge in [-0.15, -0.1) is 0 Å². The number of amidine groups is 1. The molecule has 4 nitrogen and oxygen atoms in total. The number of alkyl halides is 3. The first-order valence-corrected chi connectivity index (χ1v) is 6.05. The highest BCUT2D eigenvalue weighted by Gasteiger charge is 2.32. The van der Waals surface area contributed by atoms with Crippen LogP contribution in [0.25, 0.3) is 0 Å². The van der Waals surface area contributed by atoms with Gasteiger partial charge in [-0.05, 0) is 30.3 Å². The van der Waals surface area contributed by atoms with Crippen LogP contribution in [0.5, 0.6) is 0 Å². The number of amides is 1. The molecule has 2 aromatic rings. The van der Waals surface area contributed by atoms with E-state index in [0.717, 1.165) is 18.3 Å². The number of aromatic nitrogens is 1. The highest BCUT2D eigenvalue weighted by Crippen LogP contribution is 2.30. The Kier molecular flexibility index (Phi) is 4.39. The summed E-state index contributed by atoms with van der Waals surface area (Å²) in [6, 6.07) is 3.46. The summed E-state index contributed by atoms with van der Waals surface area (Å²) in [5.74, 6) is -3.50. The summed E-state index contributed by atoms with van der Waals surface area (Å²) >= 11 is 0. The van der Waals surface area contributed by atoms with Crippen LogP contribution in [0.3, 0.4) is 0 Å². The Morgan fingerprint density at radius 3 is 2.35 bits per heavy atom. The Morgan fingerprint density at radius 1 is 1.09 bits per heavy atom. The van der Waals surface area contributed by atoms with E-state index in [4.69, 9.17) is 5.73 Å². The molecule has 0 saturated carbocycles. The molecular weight excluding hydrogens is 321 g/mol. The minimum absolute atomic E-state index is 0.0489. The summed E-state index contributed by atoms with van der Waals surface area (Å²) in [6.07, 6.45) is -3.99. The Morgan fingerprint density at radius 2 is 1.78 bits per heavy atom. The summed E-state index contributed by atoms with van der Waals surface area (Å²) in [4.78, 5) is 18.7. The van der Waals surface area contributed by atoms with Crippen molar-refractivity contribution in [1.29, 1.82) is 0 Å². The maximum absolute atomic E-state index is 13.2. The van der Waals surface area contributed by atoms with Gasteiger partial charge in [0.05, 0.1) is 11.8 Å². The van der Waals surface area contributed by atoms with Crippen LogP contribution in [0, 0.1) is 11.6 Å². The predicted molar refractivity (Wildman–Crippen MR) is 70.7 cm³/mol. The first-order chi connectivity index (χ1) is 10.7. The number of rotatable bonds is 2. The Labute approximate surface area is 126 Å². The third kappa shape index (κ3) is 4.09. The van der Waals surface area contributed by atoms with Gasteiger partial charge in [0.1, 0.15) is 17.3 Å². The van der Waals surface area contributed by atoms with Crippen molar-refractivity contribution in [3.63, 3.8) is 0 Å². The topological polar surface area (TPSA) is 68.3 Å². The van der Waals surface area contributed by atoms with Gasteiger partial charge in [0.15, 0.2) is 5.84 Å². The van der Waals surface area contributed by atoms with E-state index < -0.39 is 40.7 Å². The molecule has 1 aromatic carbocycles. The van der Waals surface area contributed by atoms with Crippen molar-refractivity contribution in [2.75, 3.05) is 0 Å². The van der Waals surface area contributed by atoms with E-state index in [2.05, 4.69) is 9.98 Å². The van der Waals surface area contributed by atoms with E-state index in [1.807, 2.05) is 0 Å². The van der Waals surface area contributed by atoms with E-state index in [1.54, 1.807) is 0 Å². The van der Waals surface area contributed by atoms with Crippen molar-refractivity contribution >= 4 is 11.7 Å². The zero-order valence-corrected chi connectivity index (χ0v) is 11.2. The highest BCUT2D eigenvalue weighted by atomic mass is 19.4. The number of halogens is 5. The Bertz CT molecular complexity index is 769. The van der Waals surface area contributed by atoms with Gasteiger partial charge in [0.2, 0.25) is 0 Å². The van der Waals surface area contributed by atoms with Crippen molar-refractivity contribution in [2.45, 2.75) is 6.18 Å². The number of pyridine rings is 1. The minimum Gasteiger partial charge on any atom is -0.382 e. The van der Waals surface area contributed by atoms with Crippen LogP contribution in [0.15, 0.2) is 41.5 Å². The number of nitrogens with zero attached hydrogens (tertiary/aromatic N) is 2. The van der Waals surface area contributed by atoms with Crippen LogP contribution in [0.2, 0.25) is 0 Å². The summed E-state index contributed by atoms with van der Waals surface area (Å²) in [5, 5.41) is 0. The molecule has 0 bridgehead atoms. The van der Waals surface area contributed by atoms with Crippen molar-refractivity contribution in [1.82, 2.24) is 4.98 Å². The second-order valence-electron chi connectivity index (χ2n) is 4.39. The zero-order chi connectivity index (χ0) is 17.2. The molecule has 2 N–H and O–H groups in total. The van der Waals surface area contributed by atoms with Gasteiger partial charge in [-0.2, -0.15) is 18.2 Å². The monoisotopic (exact) mass is 329 g/mol. The lowest BCUT2D eigenvalue weighted by atomic mass is 10.1. The molecule has 0 atom stereocenters. The molecule has 0 aliphatic heterocycles. The van der Waals surface area contributed by atoms with Crippen LogP contribution < -0.4 is 5.73 Å². The van der Waals surface area contributed by atoms with E-state index in [9.17, 15) is 26.7 Å². The van der Waals surface area contributed by atoms with Crippen molar-refractivity contribution in [2.24, 2.45) is 10.7 Å². The van der Waals surface area contributed by atoms with Gasteiger partial charge in [0.25, 0.3) is 5.91 Å². The van der Waals surface area contributed by atoms with Crippen LogP contribution in [0.4, 0.5) is 22.0 Å². The van der Waals surface area contributed by atoms with Crippen LogP contribution in [-0.4, -0.2) is 16.7 Å². The molecule has 0 unspecified atom stereocenters. The average Bonchev–Trinajstić information content (AvgIpc) is 2.46. The molecular formula is C14H8F5N3O. The Hall–Kier alpha value is -2.84. The summed E-state index contributed by atoms with van der Waals surface area (Å²) in [7, 11) is 0. The van der Waals surface area contributed by atoms with Crippen molar-refractivity contribution < 1.29 is 26.7 Å². The van der Waals surface area contributed by atoms with E-state index >= 15 is 0 Å². The molecule has 1 amide bonds. The van der Waals surface area contributed by atoms with Crippen molar-refractivity contribution in [3.8, 4) is 0 Å². The number of hydrogen-bond donors (Lipinski definition) is 1. The molecule has 0 aliphatic carbocycles. The number of aliphatic imine (C=N–C) groups is 1. The third-order valence-electron chi connectivity index (χ3n) is 2.68. The fraction of sp³-hybridized carbons (Fsp3) is 0.0714. The zero-order valence-electron chi connectivity index (χ0n) is 11.2. The lowest BCUT2D eigenvalue weighted by Crippen LogP contribution is -2.18. The fourth-order valence-corrected chi connectivity index (χ4v) is 1.64. The molecule has 0 saturated heterocycles. The molecule has 120 valence electrons. The van der Waals surface area contributed by atoms with Gasteiger partial charge in [-0.1, -0.05) is 0 Å². The number of hydrogen-bond acceptors (Lipinski definition) is 2. The summed E-state index contributed by atoms with van der Waals surface area (Å²) in [5.41, 5.74) is 3.48. The second kappa shape index (κ2) is 6.11. The molecule has 0 aliphatic rings. The quantitative estimate of drug-likeness (QED) is 0.523. The van der Waals surface area contributed by atoms with E-state index in [-0.39, 0.29) is 11.8 Å². The third-order valence-corrected chi connectivity index (χ3v) is 2.68.